The van der Waals surface area contributed by atoms with E-state index in [-0.39, 0.29) is 17.9 Å². The third-order valence-corrected chi connectivity index (χ3v) is 5.31. The minimum Gasteiger partial charge on any atom is -0.493 e. The third kappa shape index (κ3) is 3.33. The van der Waals surface area contributed by atoms with Crippen LogP contribution in [0.25, 0.3) is 0 Å². The molecular weight excluding hydrogens is 350 g/mol. The normalized spacial score (nSPS) is 18.1. The maximum absolute atomic E-state index is 13.1. The molecular formula is C24H23NO3. The van der Waals surface area contributed by atoms with Gasteiger partial charge in [-0.2, -0.15) is 0 Å². The lowest BCUT2D eigenvalue weighted by Gasteiger charge is -2.32. The number of rotatable bonds is 5. The predicted molar refractivity (Wildman–Crippen MR) is 109 cm³/mol. The number of methoxy groups -OCH3 is 2. The number of amides is 1. The van der Waals surface area contributed by atoms with Gasteiger partial charge in [0.2, 0.25) is 5.91 Å². The highest BCUT2D eigenvalue weighted by Gasteiger charge is 2.33. The first-order chi connectivity index (χ1) is 13.7. The Morgan fingerprint density at radius 1 is 0.821 bits per heavy atom. The zero-order chi connectivity index (χ0) is 19.5. The molecule has 4 rings (SSSR count). The number of nitrogens with one attached hydrogen (secondary N) is 1. The van der Waals surface area contributed by atoms with Gasteiger partial charge in [-0.05, 0) is 40.8 Å². The second kappa shape index (κ2) is 7.77. The molecule has 0 aromatic heterocycles. The summed E-state index contributed by atoms with van der Waals surface area (Å²) in [5.41, 5.74) is 4.35. The first-order valence-corrected chi connectivity index (χ1v) is 9.36. The molecule has 1 aliphatic heterocycles. The van der Waals surface area contributed by atoms with E-state index in [1.54, 1.807) is 14.2 Å². The van der Waals surface area contributed by atoms with E-state index in [1.807, 2.05) is 48.5 Å². The van der Waals surface area contributed by atoms with E-state index in [2.05, 4.69) is 29.6 Å². The van der Waals surface area contributed by atoms with Gasteiger partial charge in [0, 0.05) is 0 Å². The van der Waals surface area contributed by atoms with Crippen LogP contribution in [0.4, 0.5) is 0 Å². The molecule has 0 spiro atoms. The van der Waals surface area contributed by atoms with Crippen LogP contribution in [0.1, 0.15) is 34.2 Å². The monoisotopic (exact) mass is 373 g/mol. The lowest BCUT2D eigenvalue weighted by molar-refractivity contribution is -0.123. The smallest absolute Gasteiger partial charge is 0.228 e. The van der Waals surface area contributed by atoms with E-state index in [4.69, 9.17) is 9.47 Å². The van der Waals surface area contributed by atoms with Crippen LogP contribution in [-0.4, -0.2) is 20.1 Å². The summed E-state index contributed by atoms with van der Waals surface area (Å²) in [6, 6.07) is 24.0. The highest BCUT2D eigenvalue weighted by atomic mass is 16.5. The van der Waals surface area contributed by atoms with Crippen molar-refractivity contribution in [3.63, 3.8) is 0 Å². The van der Waals surface area contributed by atoms with Crippen LogP contribution in [0, 0.1) is 0 Å². The number of ether oxygens (including phenoxy) is 2. The maximum Gasteiger partial charge on any atom is 0.228 e. The molecule has 1 amide bonds. The second-order valence-corrected chi connectivity index (χ2v) is 6.93. The molecule has 1 aliphatic rings. The van der Waals surface area contributed by atoms with Crippen molar-refractivity contribution in [1.29, 1.82) is 0 Å². The summed E-state index contributed by atoms with van der Waals surface area (Å²) in [6.45, 7) is 0. The summed E-state index contributed by atoms with van der Waals surface area (Å²) in [7, 11) is 3.24. The molecule has 3 aromatic carbocycles. The molecule has 142 valence electrons. The van der Waals surface area contributed by atoms with Crippen molar-refractivity contribution in [2.24, 2.45) is 0 Å². The molecule has 4 nitrogen and oxygen atoms in total. The van der Waals surface area contributed by atoms with Gasteiger partial charge in [-0.3, -0.25) is 4.79 Å². The number of carbonyl (C=O) groups excluding carboxylic acids is 1. The van der Waals surface area contributed by atoms with Crippen molar-refractivity contribution in [3.05, 3.63) is 95.1 Å². The van der Waals surface area contributed by atoms with Gasteiger partial charge in [-0.25, -0.2) is 0 Å². The lowest BCUT2D eigenvalue weighted by Crippen LogP contribution is -2.39. The fourth-order valence-corrected chi connectivity index (χ4v) is 3.91. The van der Waals surface area contributed by atoms with Crippen molar-refractivity contribution in [3.8, 4) is 11.5 Å². The van der Waals surface area contributed by atoms with Gasteiger partial charge >= 0.3 is 0 Å². The van der Waals surface area contributed by atoms with Crippen LogP contribution >= 0.6 is 0 Å². The van der Waals surface area contributed by atoms with Crippen molar-refractivity contribution in [1.82, 2.24) is 5.32 Å². The standard InChI is InChI=1S/C24H23NO3/c1-27-21-13-12-16(15-22(21)28-2)14-20-18-10-6-7-11-19(18)23(25-24(20)26)17-8-4-3-5-9-17/h3-13,15,20,23H,14H2,1-2H3,(H,25,26). The van der Waals surface area contributed by atoms with Gasteiger partial charge in [-0.15, -0.1) is 0 Å². The fraction of sp³-hybridized carbons (Fsp3) is 0.208. The van der Waals surface area contributed by atoms with E-state index in [0.29, 0.717) is 17.9 Å². The van der Waals surface area contributed by atoms with Gasteiger partial charge in [-0.1, -0.05) is 60.7 Å². The van der Waals surface area contributed by atoms with Gasteiger partial charge in [0.25, 0.3) is 0 Å². The summed E-state index contributed by atoms with van der Waals surface area (Å²) in [6.07, 6.45) is 0.602. The summed E-state index contributed by atoms with van der Waals surface area (Å²) in [4.78, 5) is 13.1. The quantitative estimate of drug-likeness (QED) is 0.727. The Balaban J connectivity index is 1.69. The highest BCUT2D eigenvalue weighted by molar-refractivity contribution is 5.87. The molecule has 0 saturated heterocycles. The first-order valence-electron chi connectivity index (χ1n) is 9.36. The Morgan fingerprint density at radius 2 is 1.50 bits per heavy atom. The van der Waals surface area contributed by atoms with Crippen molar-refractivity contribution < 1.29 is 14.3 Å². The Labute approximate surface area is 165 Å². The van der Waals surface area contributed by atoms with Crippen LogP contribution in [-0.2, 0) is 11.2 Å². The third-order valence-electron chi connectivity index (χ3n) is 5.31. The van der Waals surface area contributed by atoms with Crippen LogP contribution in [0.3, 0.4) is 0 Å². The van der Waals surface area contributed by atoms with Crippen LogP contribution in [0.5, 0.6) is 11.5 Å². The zero-order valence-corrected chi connectivity index (χ0v) is 16.0. The predicted octanol–water partition coefficient (Wildman–Crippen LogP) is 4.25. The molecule has 0 saturated carbocycles. The van der Waals surface area contributed by atoms with Gasteiger partial charge < -0.3 is 14.8 Å². The summed E-state index contributed by atoms with van der Waals surface area (Å²) in [5, 5.41) is 3.22. The molecule has 0 radical (unpaired) electrons. The van der Waals surface area contributed by atoms with E-state index in [0.717, 1.165) is 22.3 Å². The Morgan fingerprint density at radius 3 is 2.21 bits per heavy atom. The fourth-order valence-electron chi connectivity index (χ4n) is 3.91. The molecule has 28 heavy (non-hydrogen) atoms. The van der Waals surface area contributed by atoms with Crippen molar-refractivity contribution in [2.45, 2.75) is 18.4 Å². The first kappa shape index (κ1) is 18.1. The van der Waals surface area contributed by atoms with Crippen LogP contribution in [0.15, 0.2) is 72.8 Å². The van der Waals surface area contributed by atoms with E-state index >= 15 is 0 Å². The van der Waals surface area contributed by atoms with Gasteiger partial charge in [0.05, 0.1) is 26.2 Å². The number of fused-ring (bicyclic) bond motifs is 1. The van der Waals surface area contributed by atoms with Gasteiger partial charge in [0.1, 0.15) is 0 Å². The average molecular weight is 373 g/mol. The van der Waals surface area contributed by atoms with Crippen LogP contribution in [0.2, 0.25) is 0 Å². The molecule has 0 aliphatic carbocycles. The Kier molecular flexibility index (Phi) is 5.02. The minimum absolute atomic E-state index is 0.0438. The molecule has 0 fully saturated rings. The van der Waals surface area contributed by atoms with E-state index in [1.165, 1.54) is 0 Å². The highest BCUT2D eigenvalue weighted by Crippen LogP contribution is 2.37. The largest absolute Gasteiger partial charge is 0.493 e. The van der Waals surface area contributed by atoms with Crippen molar-refractivity contribution >= 4 is 5.91 Å². The number of hydrogen-bond acceptors (Lipinski definition) is 3. The molecule has 0 bridgehead atoms. The van der Waals surface area contributed by atoms with E-state index in [9.17, 15) is 4.79 Å². The Bertz CT molecular complexity index is 984. The summed E-state index contributed by atoms with van der Waals surface area (Å²) in [5.74, 6) is 1.16. The molecule has 1 heterocycles. The summed E-state index contributed by atoms with van der Waals surface area (Å²) < 4.78 is 10.7. The molecule has 3 aromatic rings. The minimum atomic E-state index is -0.241. The zero-order valence-electron chi connectivity index (χ0n) is 16.0. The Hall–Kier alpha value is -3.27. The lowest BCUT2D eigenvalue weighted by atomic mass is 9.81. The second-order valence-electron chi connectivity index (χ2n) is 6.93. The number of benzene rings is 3. The molecule has 4 heteroatoms. The van der Waals surface area contributed by atoms with Gasteiger partial charge in [0.15, 0.2) is 11.5 Å². The van der Waals surface area contributed by atoms with E-state index < -0.39 is 0 Å². The summed E-state index contributed by atoms with van der Waals surface area (Å²) >= 11 is 0. The number of hydrogen-bond donors (Lipinski definition) is 1. The number of carbonyl (C=O) groups is 1. The SMILES string of the molecule is COc1ccc(CC2C(=O)NC(c3ccccc3)c3ccccc32)cc1OC. The molecule has 2 atom stereocenters. The van der Waals surface area contributed by atoms with Crippen molar-refractivity contribution in [2.75, 3.05) is 14.2 Å². The molecule has 1 N–H and O–H groups in total. The maximum atomic E-state index is 13.1. The topological polar surface area (TPSA) is 47.6 Å². The molecule has 2 unspecified atom stereocenters. The van der Waals surface area contributed by atoms with Crippen LogP contribution < -0.4 is 14.8 Å². The average Bonchev–Trinajstić information content (AvgIpc) is 2.76.